The van der Waals surface area contributed by atoms with Crippen molar-refractivity contribution in [3.05, 3.63) is 71.8 Å². The first-order valence-corrected chi connectivity index (χ1v) is 13.3. The van der Waals surface area contributed by atoms with Crippen LogP contribution in [-0.4, -0.2) is 70.9 Å². The summed E-state index contributed by atoms with van der Waals surface area (Å²) in [7, 11) is 0. The van der Waals surface area contributed by atoms with Gasteiger partial charge in [-0.1, -0.05) is 60.7 Å². The Morgan fingerprint density at radius 1 is 0.946 bits per heavy atom. The van der Waals surface area contributed by atoms with Gasteiger partial charge >= 0.3 is 5.97 Å². The van der Waals surface area contributed by atoms with Crippen molar-refractivity contribution in [3.63, 3.8) is 0 Å². The second-order valence-electron chi connectivity index (χ2n) is 11.2. The molecule has 1 atom stereocenters. The van der Waals surface area contributed by atoms with Gasteiger partial charge in [-0.25, -0.2) is 0 Å². The Bertz CT molecular complexity index is 1070. The lowest BCUT2D eigenvalue weighted by molar-refractivity contribution is -0.164. The van der Waals surface area contributed by atoms with E-state index in [4.69, 9.17) is 4.74 Å². The zero-order valence-electron chi connectivity index (χ0n) is 22.2. The molecule has 2 fully saturated rings. The zero-order valence-corrected chi connectivity index (χ0v) is 22.2. The fourth-order valence-corrected chi connectivity index (χ4v) is 5.36. The van der Waals surface area contributed by atoms with E-state index >= 15 is 0 Å². The highest BCUT2D eigenvalue weighted by Crippen LogP contribution is 2.34. The minimum Gasteiger partial charge on any atom is -0.460 e. The average molecular weight is 506 g/mol. The molecule has 7 heteroatoms. The van der Waals surface area contributed by atoms with Crippen molar-refractivity contribution < 1.29 is 19.1 Å². The first-order valence-electron chi connectivity index (χ1n) is 13.3. The minimum atomic E-state index is -0.935. The molecular formula is C30H39N3O4. The van der Waals surface area contributed by atoms with Crippen LogP contribution in [0, 0.1) is 0 Å². The molecule has 0 saturated carbocycles. The third-order valence-corrected chi connectivity index (χ3v) is 7.29. The Balaban J connectivity index is 1.47. The van der Waals surface area contributed by atoms with Gasteiger partial charge in [0, 0.05) is 32.6 Å². The molecule has 2 aliphatic heterocycles. The Kier molecular flexibility index (Phi) is 8.32. The van der Waals surface area contributed by atoms with Gasteiger partial charge in [0.15, 0.2) is 0 Å². The molecule has 4 rings (SSSR count). The molecule has 2 amide bonds. The number of hydrogen-bond acceptors (Lipinski definition) is 5. The van der Waals surface area contributed by atoms with Crippen LogP contribution in [0.25, 0.3) is 0 Å². The van der Waals surface area contributed by atoms with Crippen molar-refractivity contribution in [1.29, 1.82) is 0 Å². The third kappa shape index (κ3) is 6.77. The number of piperidine rings is 1. The van der Waals surface area contributed by atoms with Crippen molar-refractivity contribution in [1.82, 2.24) is 15.1 Å². The highest BCUT2D eigenvalue weighted by Gasteiger charge is 2.53. The lowest BCUT2D eigenvalue weighted by atomic mass is 9.81. The number of hydrogen-bond donors (Lipinski definition) is 1. The third-order valence-electron chi connectivity index (χ3n) is 7.29. The SMILES string of the molecule is CC(C)(C)OC(=O)CCN1C(=O)C(Cc2ccccc2)NC(=O)C12CCN(CCc1ccccc1)CC2. The maximum Gasteiger partial charge on any atom is 0.308 e. The minimum absolute atomic E-state index is 0.0633. The van der Waals surface area contributed by atoms with Gasteiger partial charge in [0.05, 0.1) is 6.42 Å². The fraction of sp³-hybridized carbons (Fsp3) is 0.500. The highest BCUT2D eigenvalue weighted by molar-refractivity contribution is 6.00. The number of carbonyl (C=O) groups is 3. The van der Waals surface area contributed by atoms with E-state index in [0.717, 1.165) is 31.6 Å². The molecule has 0 aliphatic carbocycles. The van der Waals surface area contributed by atoms with E-state index in [-0.39, 0.29) is 30.7 Å². The number of ether oxygens (including phenoxy) is 1. The normalized spacial score (nSPS) is 20.1. The smallest absolute Gasteiger partial charge is 0.308 e. The molecule has 0 radical (unpaired) electrons. The van der Waals surface area contributed by atoms with Gasteiger partial charge in [-0.05, 0) is 51.2 Å². The van der Waals surface area contributed by atoms with E-state index in [9.17, 15) is 14.4 Å². The van der Waals surface area contributed by atoms with Crippen LogP contribution in [0.1, 0.15) is 51.2 Å². The number of nitrogens with zero attached hydrogens (tertiary/aromatic N) is 2. The van der Waals surface area contributed by atoms with E-state index in [1.807, 2.05) is 69.3 Å². The largest absolute Gasteiger partial charge is 0.460 e. The van der Waals surface area contributed by atoms with Crippen molar-refractivity contribution in [2.75, 3.05) is 26.2 Å². The fourth-order valence-electron chi connectivity index (χ4n) is 5.36. The number of benzene rings is 2. The molecule has 7 nitrogen and oxygen atoms in total. The summed E-state index contributed by atoms with van der Waals surface area (Å²) in [4.78, 5) is 44.0. The van der Waals surface area contributed by atoms with Crippen molar-refractivity contribution in [3.8, 4) is 0 Å². The van der Waals surface area contributed by atoms with Crippen LogP contribution in [0.3, 0.4) is 0 Å². The molecule has 0 bridgehead atoms. The van der Waals surface area contributed by atoms with Crippen LogP contribution in [0.5, 0.6) is 0 Å². The van der Waals surface area contributed by atoms with Gasteiger partial charge in [-0.15, -0.1) is 0 Å². The van der Waals surface area contributed by atoms with E-state index in [2.05, 4.69) is 22.3 Å². The number of rotatable bonds is 8. The van der Waals surface area contributed by atoms with Gasteiger partial charge in [0.2, 0.25) is 11.8 Å². The summed E-state index contributed by atoms with van der Waals surface area (Å²) in [6.07, 6.45) is 2.53. The summed E-state index contributed by atoms with van der Waals surface area (Å²) in [5.41, 5.74) is 0.740. The Labute approximate surface area is 220 Å². The maximum absolute atomic E-state index is 13.8. The maximum atomic E-state index is 13.8. The Morgan fingerprint density at radius 2 is 1.54 bits per heavy atom. The molecule has 2 aromatic rings. The lowest BCUT2D eigenvalue weighted by Crippen LogP contribution is -2.73. The lowest BCUT2D eigenvalue weighted by Gasteiger charge is -2.51. The Morgan fingerprint density at radius 3 is 2.14 bits per heavy atom. The van der Waals surface area contributed by atoms with Crippen molar-refractivity contribution in [2.45, 2.75) is 70.1 Å². The van der Waals surface area contributed by atoms with Crippen molar-refractivity contribution >= 4 is 17.8 Å². The van der Waals surface area contributed by atoms with Crippen LogP contribution in [-0.2, 0) is 32.0 Å². The topological polar surface area (TPSA) is 79.0 Å². The van der Waals surface area contributed by atoms with Gasteiger partial charge < -0.3 is 19.9 Å². The van der Waals surface area contributed by atoms with E-state index in [0.29, 0.717) is 19.3 Å². The quantitative estimate of drug-likeness (QED) is 0.557. The van der Waals surface area contributed by atoms with E-state index in [1.165, 1.54) is 5.56 Å². The predicted octanol–water partition coefficient (Wildman–Crippen LogP) is 3.37. The number of carbonyl (C=O) groups excluding carboxylic acids is 3. The summed E-state index contributed by atoms with van der Waals surface area (Å²) >= 11 is 0. The molecule has 2 aromatic carbocycles. The van der Waals surface area contributed by atoms with Gasteiger partial charge in [-0.3, -0.25) is 14.4 Å². The molecule has 2 heterocycles. The first kappa shape index (κ1) is 26.9. The number of nitrogens with one attached hydrogen (secondary N) is 1. The van der Waals surface area contributed by atoms with E-state index in [1.54, 1.807) is 4.90 Å². The van der Waals surface area contributed by atoms with Gasteiger partial charge in [0.1, 0.15) is 17.2 Å². The van der Waals surface area contributed by atoms with Crippen LogP contribution < -0.4 is 5.32 Å². The number of amides is 2. The second-order valence-corrected chi connectivity index (χ2v) is 11.2. The summed E-state index contributed by atoms with van der Waals surface area (Å²) < 4.78 is 5.49. The molecule has 198 valence electrons. The molecular weight excluding hydrogens is 466 g/mol. The Hall–Kier alpha value is -3.19. The molecule has 1 N–H and O–H groups in total. The van der Waals surface area contributed by atoms with E-state index < -0.39 is 17.2 Å². The average Bonchev–Trinajstić information content (AvgIpc) is 2.87. The van der Waals surface area contributed by atoms with Crippen LogP contribution in [0.15, 0.2) is 60.7 Å². The van der Waals surface area contributed by atoms with Crippen LogP contribution in [0.4, 0.5) is 0 Å². The summed E-state index contributed by atoms with van der Waals surface area (Å²) in [5.74, 6) is -0.592. The monoisotopic (exact) mass is 505 g/mol. The number of esters is 1. The molecule has 1 spiro atoms. The van der Waals surface area contributed by atoms with Gasteiger partial charge in [-0.2, -0.15) is 0 Å². The summed E-state index contributed by atoms with van der Waals surface area (Å²) in [6.45, 7) is 8.01. The summed E-state index contributed by atoms with van der Waals surface area (Å²) in [6, 6.07) is 19.4. The van der Waals surface area contributed by atoms with Crippen molar-refractivity contribution in [2.24, 2.45) is 0 Å². The molecule has 2 aliphatic rings. The standard InChI is InChI=1S/C30H39N3O4/c1-29(2,3)37-26(34)15-19-33-27(35)25(22-24-12-8-5-9-13-24)31-28(36)30(33)16-20-32(21-17-30)18-14-23-10-6-4-7-11-23/h4-13,25H,14-22H2,1-3H3,(H,31,36). The molecule has 1 unspecified atom stereocenters. The zero-order chi connectivity index (χ0) is 26.5. The molecule has 2 saturated heterocycles. The highest BCUT2D eigenvalue weighted by atomic mass is 16.6. The number of likely N-dealkylation sites (tertiary alicyclic amines) is 1. The first-order chi connectivity index (χ1) is 17.7. The molecule has 37 heavy (non-hydrogen) atoms. The second kappa shape index (κ2) is 11.5. The number of piperazine rings is 1. The molecule has 0 aromatic heterocycles. The predicted molar refractivity (Wildman–Crippen MR) is 143 cm³/mol. The van der Waals surface area contributed by atoms with Crippen LogP contribution in [0.2, 0.25) is 0 Å². The van der Waals surface area contributed by atoms with Crippen LogP contribution >= 0.6 is 0 Å². The summed E-state index contributed by atoms with van der Waals surface area (Å²) in [5, 5.41) is 3.04. The van der Waals surface area contributed by atoms with Gasteiger partial charge in [0.25, 0.3) is 0 Å².